The quantitative estimate of drug-likeness (QED) is 0.864. The maximum absolute atomic E-state index is 12.6. The van der Waals surface area contributed by atoms with Gasteiger partial charge in [0.25, 0.3) is 10.0 Å². The van der Waals surface area contributed by atoms with E-state index in [0.29, 0.717) is 11.3 Å². The number of hydrogen-bond donors (Lipinski definition) is 1. The fourth-order valence-corrected chi connectivity index (χ4v) is 3.99. The van der Waals surface area contributed by atoms with Crippen molar-refractivity contribution in [1.82, 2.24) is 0 Å². The molecule has 0 spiro atoms. The number of methoxy groups -OCH3 is 1. The number of anilines is 1. The van der Waals surface area contributed by atoms with Gasteiger partial charge in [0.2, 0.25) is 0 Å². The minimum absolute atomic E-state index is 0.264. The van der Waals surface area contributed by atoms with Crippen LogP contribution in [0.4, 0.5) is 5.69 Å². The molecule has 1 aliphatic rings. The predicted octanol–water partition coefficient (Wildman–Crippen LogP) is 3.15. The van der Waals surface area contributed by atoms with E-state index in [1.54, 1.807) is 24.3 Å². The highest BCUT2D eigenvalue weighted by molar-refractivity contribution is 7.92. The predicted molar refractivity (Wildman–Crippen MR) is 91.7 cm³/mol. The molecular weight excluding hydrogens is 326 g/mol. The van der Waals surface area contributed by atoms with Gasteiger partial charge in [0.05, 0.1) is 17.6 Å². The van der Waals surface area contributed by atoms with Gasteiger partial charge in [-0.3, -0.25) is 4.72 Å². The van der Waals surface area contributed by atoms with Crippen LogP contribution in [0.5, 0.6) is 0 Å². The summed E-state index contributed by atoms with van der Waals surface area (Å²) < 4.78 is 32.3. The highest BCUT2D eigenvalue weighted by Crippen LogP contribution is 2.25. The normalized spacial score (nSPS) is 13.9. The molecule has 2 aromatic carbocycles. The Morgan fingerprint density at radius 2 is 1.67 bits per heavy atom. The Morgan fingerprint density at radius 3 is 2.33 bits per heavy atom. The standard InChI is InChI=1S/C18H19NO4S/c1-23-18(20)14-6-9-16(10-7-14)19-24(21,22)17-11-8-13-4-2-3-5-15(13)12-17/h6-12,19H,2-5H2,1H3. The van der Waals surface area contributed by atoms with Crippen LogP contribution in [0.25, 0.3) is 0 Å². The van der Waals surface area contributed by atoms with Gasteiger partial charge in [-0.25, -0.2) is 13.2 Å². The molecule has 0 amide bonds. The molecule has 0 heterocycles. The van der Waals surface area contributed by atoms with Gasteiger partial charge in [-0.1, -0.05) is 6.07 Å². The number of aryl methyl sites for hydroxylation is 2. The van der Waals surface area contributed by atoms with E-state index in [2.05, 4.69) is 9.46 Å². The summed E-state index contributed by atoms with van der Waals surface area (Å²) >= 11 is 0. The van der Waals surface area contributed by atoms with Gasteiger partial charge in [0.1, 0.15) is 0 Å². The first-order chi connectivity index (χ1) is 11.5. The van der Waals surface area contributed by atoms with Gasteiger partial charge in [-0.05, 0) is 73.2 Å². The van der Waals surface area contributed by atoms with Crippen molar-refractivity contribution in [3.63, 3.8) is 0 Å². The van der Waals surface area contributed by atoms with E-state index in [1.807, 2.05) is 6.07 Å². The van der Waals surface area contributed by atoms with Crippen molar-refractivity contribution in [2.45, 2.75) is 30.6 Å². The fourth-order valence-electron chi connectivity index (χ4n) is 2.88. The van der Waals surface area contributed by atoms with Crippen molar-refractivity contribution in [3.05, 3.63) is 59.2 Å². The van der Waals surface area contributed by atoms with Crippen molar-refractivity contribution < 1.29 is 17.9 Å². The molecule has 0 saturated heterocycles. The molecule has 0 bridgehead atoms. The summed E-state index contributed by atoms with van der Waals surface area (Å²) in [7, 11) is -2.35. The van der Waals surface area contributed by atoms with Crippen LogP contribution < -0.4 is 4.72 Å². The van der Waals surface area contributed by atoms with Crippen molar-refractivity contribution in [3.8, 4) is 0 Å². The summed E-state index contributed by atoms with van der Waals surface area (Å²) in [4.78, 5) is 11.7. The second-order valence-corrected chi connectivity index (χ2v) is 7.49. The number of sulfonamides is 1. The number of fused-ring (bicyclic) bond motifs is 1. The first-order valence-corrected chi connectivity index (χ1v) is 9.31. The number of esters is 1. The summed E-state index contributed by atoms with van der Waals surface area (Å²) in [5, 5.41) is 0. The van der Waals surface area contributed by atoms with E-state index in [9.17, 15) is 13.2 Å². The van der Waals surface area contributed by atoms with Gasteiger partial charge in [0, 0.05) is 5.69 Å². The van der Waals surface area contributed by atoms with Crippen molar-refractivity contribution >= 4 is 21.7 Å². The van der Waals surface area contributed by atoms with Gasteiger partial charge in [-0.15, -0.1) is 0 Å². The number of rotatable bonds is 4. The minimum atomic E-state index is -3.65. The summed E-state index contributed by atoms with van der Waals surface area (Å²) in [6.45, 7) is 0. The van der Waals surface area contributed by atoms with E-state index in [-0.39, 0.29) is 4.90 Å². The number of hydrogen-bond acceptors (Lipinski definition) is 4. The minimum Gasteiger partial charge on any atom is -0.465 e. The molecule has 0 aliphatic heterocycles. The number of nitrogens with one attached hydrogen (secondary N) is 1. The zero-order chi connectivity index (χ0) is 17.2. The average Bonchev–Trinajstić information content (AvgIpc) is 2.61. The van der Waals surface area contributed by atoms with Crippen LogP contribution in [0.15, 0.2) is 47.4 Å². The lowest BCUT2D eigenvalue weighted by molar-refractivity contribution is 0.0601. The largest absolute Gasteiger partial charge is 0.465 e. The molecule has 0 fully saturated rings. The third-order valence-electron chi connectivity index (χ3n) is 4.19. The first-order valence-electron chi connectivity index (χ1n) is 7.82. The lowest BCUT2D eigenvalue weighted by Crippen LogP contribution is -2.14. The second-order valence-electron chi connectivity index (χ2n) is 5.81. The van der Waals surface area contributed by atoms with Crippen LogP contribution in [0, 0.1) is 0 Å². The fraction of sp³-hybridized carbons (Fsp3) is 0.278. The molecule has 126 valence electrons. The number of ether oxygens (including phenoxy) is 1. The Kier molecular flexibility index (Phi) is 4.57. The Morgan fingerprint density at radius 1 is 1.00 bits per heavy atom. The SMILES string of the molecule is COC(=O)c1ccc(NS(=O)(=O)c2ccc3c(c2)CCCC3)cc1. The molecule has 1 N–H and O–H groups in total. The van der Waals surface area contributed by atoms with E-state index < -0.39 is 16.0 Å². The first kappa shape index (κ1) is 16.5. The van der Waals surface area contributed by atoms with Crippen LogP contribution in [0.2, 0.25) is 0 Å². The van der Waals surface area contributed by atoms with Crippen molar-refractivity contribution in [2.24, 2.45) is 0 Å². The Balaban J connectivity index is 1.82. The smallest absolute Gasteiger partial charge is 0.337 e. The molecule has 5 nitrogen and oxygen atoms in total. The molecule has 0 atom stereocenters. The Bertz CT molecular complexity index is 857. The second kappa shape index (κ2) is 6.65. The summed E-state index contributed by atoms with van der Waals surface area (Å²) in [5.41, 5.74) is 3.13. The zero-order valence-corrected chi connectivity index (χ0v) is 14.2. The van der Waals surface area contributed by atoms with Crippen LogP contribution in [-0.2, 0) is 27.6 Å². The Hall–Kier alpha value is -2.34. The molecule has 0 saturated carbocycles. The average molecular weight is 345 g/mol. The highest BCUT2D eigenvalue weighted by Gasteiger charge is 2.18. The molecule has 0 radical (unpaired) electrons. The van der Waals surface area contributed by atoms with Crippen molar-refractivity contribution in [1.29, 1.82) is 0 Å². The van der Waals surface area contributed by atoms with E-state index in [1.165, 1.54) is 24.8 Å². The molecule has 24 heavy (non-hydrogen) atoms. The molecule has 0 aromatic heterocycles. The third-order valence-corrected chi connectivity index (χ3v) is 5.57. The lowest BCUT2D eigenvalue weighted by Gasteiger charge is -2.17. The van der Waals surface area contributed by atoms with Crippen LogP contribution in [0.3, 0.4) is 0 Å². The Labute approximate surface area is 141 Å². The summed E-state index contributed by atoms with van der Waals surface area (Å²) in [5.74, 6) is -0.459. The highest BCUT2D eigenvalue weighted by atomic mass is 32.2. The zero-order valence-electron chi connectivity index (χ0n) is 13.4. The molecule has 3 rings (SSSR count). The van der Waals surface area contributed by atoms with Crippen LogP contribution in [-0.4, -0.2) is 21.5 Å². The maximum atomic E-state index is 12.6. The van der Waals surface area contributed by atoms with Crippen LogP contribution >= 0.6 is 0 Å². The molecule has 2 aromatic rings. The molecule has 1 aliphatic carbocycles. The van der Waals surface area contributed by atoms with Gasteiger partial charge in [0.15, 0.2) is 0 Å². The van der Waals surface area contributed by atoms with Crippen LogP contribution in [0.1, 0.15) is 34.3 Å². The number of benzene rings is 2. The van der Waals surface area contributed by atoms with Crippen molar-refractivity contribution in [2.75, 3.05) is 11.8 Å². The number of carbonyl (C=O) groups is 1. The van der Waals surface area contributed by atoms with E-state index in [0.717, 1.165) is 31.2 Å². The molecule has 6 heteroatoms. The molecule has 0 unspecified atom stereocenters. The van der Waals surface area contributed by atoms with E-state index >= 15 is 0 Å². The summed E-state index contributed by atoms with van der Waals surface area (Å²) in [6, 6.07) is 11.5. The van der Waals surface area contributed by atoms with Gasteiger partial charge in [-0.2, -0.15) is 0 Å². The third kappa shape index (κ3) is 3.43. The maximum Gasteiger partial charge on any atom is 0.337 e. The molecular formula is C18H19NO4S. The topological polar surface area (TPSA) is 72.5 Å². The van der Waals surface area contributed by atoms with Gasteiger partial charge >= 0.3 is 5.97 Å². The lowest BCUT2D eigenvalue weighted by atomic mass is 9.92. The monoisotopic (exact) mass is 345 g/mol. The van der Waals surface area contributed by atoms with E-state index in [4.69, 9.17) is 0 Å². The summed E-state index contributed by atoms with van der Waals surface area (Å²) in [6.07, 6.45) is 4.19. The number of carbonyl (C=O) groups excluding carboxylic acids is 1. The van der Waals surface area contributed by atoms with Gasteiger partial charge < -0.3 is 4.74 Å².